The Morgan fingerprint density at radius 3 is 2.37 bits per heavy atom. The van der Waals surface area contributed by atoms with Gasteiger partial charge >= 0.3 is 6.18 Å². The van der Waals surface area contributed by atoms with E-state index in [2.05, 4.69) is 4.98 Å². The average Bonchev–Trinajstić information content (AvgIpc) is 2.25. The second kappa shape index (κ2) is 4.64. The van der Waals surface area contributed by atoms with Gasteiger partial charge in [0.25, 0.3) is 0 Å². The van der Waals surface area contributed by atoms with E-state index in [1.165, 1.54) is 18.3 Å². The van der Waals surface area contributed by atoms with Gasteiger partial charge in [0.05, 0.1) is 0 Å². The largest absolute Gasteiger partial charge is 0.410 e. The van der Waals surface area contributed by atoms with Crippen molar-refractivity contribution in [2.24, 2.45) is 0 Å². The first-order valence-electron chi connectivity index (χ1n) is 5.04. The molecule has 2 aromatic rings. The van der Waals surface area contributed by atoms with Crippen LogP contribution in [0.25, 0.3) is 10.8 Å². The number of pyridine rings is 1. The second-order valence-corrected chi connectivity index (χ2v) is 6.56. The third-order valence-electron chi connectivity index (χ3n) is 2.56. The minimum Gasteiger partial charge on any atom is -0.264 e. The molecule has 1 atom stereocenters. The van der Waals surface area contributed by atoms with Gasteiger partial charge in [-0.3, -0.25) is 4.98 Å². The van der Waals surface area contributed by atoms with Crippen molar-refractivity contribution >= 4 is 30.5 Å². The first-order chi connectivity index (χ1) is 8.71. The lowest BCUT2D eigenvalue weighted by Gasteiger charge is -2.18. The average molecular weight is 310 g/mol. The molecule has 2 rings (SSSR count). The van der Waals surface area contributed by atoms with E-state index in [9.17, 15) is 21.6 Å². The quantitative estimate of drug-likeness (QED) is 0.799. The summed E-state index contributed by atoms with van der Waals surface area (Å²) in [6.45, 7) is 0. The molecule has 0 saturated carbocycles. The summed E-state index contributed by atoms with van der Waals surface area (Å²) in [6.07, 6.45) is -2.78. The number of hydrogen-bond acceptors (Lipinski definition) is 3. The molecule has 8 heteroatoms. The van der Waals surface area contributed by atoms with E-state index in [1.807, 2.05) is 0 Å². The van der Waals surface area contributed by atoms with E-state index in [1.54, 1.807) is 12.1 Å². The van der Waals surface area contributed by atoms with Crippen molar-refractivity contribution in [1.29, 1.82) is 0 Å². The molecule has 0 N–H and O–H groups in total. The molecular weight excluding hydrogens is 303 g/mol. The zero-order valence-electron chi connectivity index (χ0n) is 9.23. The van der Waals surface area contributed by atoms with E-state index in [4.69, 9.17) is 10.7 Å². The Morgan fingerprint density at radius 2 is 1.79 bits per heavy atom. The predicted octanol–water partition coefficient (Wildman–Crippen LogP) is 3.41. The highest BCUT2D eigenvalue weighted by atomic mass is 35.7. The summed E-state index contributed by atoms with van der Waals surface area (Å²) < 4.78 is 61.3. The minimum absolute atomic E-state index is 0.157. The topological polar surface area (TPSA) is 47.0 Å². The summed E-state index contributed by atoms with van der Waals surface area (Å²) in [7, 11) is 0.0833. The molecule has 1 aromatic carbocycles. The zero-order valence-corrected chi connectivity index (χ0v) is 10.8. The standard InChI is InChI=1S/C11H7ClF3NO2S/c12-19(17,18)10(11(13,14)15)9-6-16-5-7-3-1-2-4-8(7)9/h1-6,10H. The van der Waals surface area contributed by atoms with Crippen LogP contribution in [0.3, 0.4) is 0 Å². The van der Waals surface area contributed by atoms with Crippen LogP contribution in [-0.2, 0) is 9.05 Å². The van der Waals surface area contributed by atoms with Crippen LogP contribution in [0.4, 0.5) is 13.2 Å². The Hall–Kier alpha value is -1.34. The summed E-state index contributed by atoms with van der Waals surface area (Å²) in [6, 6.07) is 6.07. The number of fused-ring (bicyclic) bond motifs is 1. The van der Waals surface area contributed by atoms with Crippen molar-refractivity contribution in [3.8, 4) is 0 Å². The molecule has 0 saturated heterocycles. The first-order valence-corrected chi connectivity index (χ1v) is 7.41. The molecule has 0 spiro atoms. The van der Waals surface area contributed by atoms with Crippen molar-refractivity contribution in [1.82, 2.24) is 4.98 Å². The number of alkyl halides is 3. The predicted molar refractivity (Wildman–Crippen MR) is 65.3 cm³/mol. The highest BCUT2D eigenvalue weighted by Crippen LogP contribution is 2.42. The maximum absolute atomic E-state index is 12.9. The molecule has 0 bridgehead atoms. The normalized spacial score (nSPS) is 14.5. The van der Waals surface area contributed by atoms with Gasteiger partial charge in [-0.25, -0.2) is 8.42 Å². The Bertz CT molecular complexity index is 710. The zero-order chi connectivity index (χ0) is 14.3. The van der Waals surface area contributed by atoms with Crippen molar-refractivity contribution in [3.63, 3.8) is 0 Å². The number of rotatable bonds is 2. The highest BCUT2D eigenvalue weighted by molar-refractivity contribution is 8.14. The number of halogens is 4. The third kappa shape index (κ3) is 2.82. The fourth-order valence-corrected chi connectivity index (χ4v) is 3.24. The number of hydrogen-bond donors (Lipinski definition) is 0. The van der Waals surface area contributed by atoms with Gasteiger partial charge in [0.2, 0.25) is 9.05 Å². The fourth-order valence-electron chi connectivity index (χ4n) is 1.84. The van der Waals surface area contributed by atoms with E-state index < -0.39 is 26.0 Å². The van der Waals surface area contributed by atoms with Crippen molar-refractivity contribution in [2.45, 2.75) is 11.4 Å². The van der Waals surface area contributed by atoms with Gasteiger partial charge in [0.1, 0.15) is 0 Å². The highest BCUT2D eigenvalue weighted by Gasteiger charge is 2.50. The SMILES string of the molecule is O=S(=O)(Cl)C(c1cncc2ccccc12)C(F)(F)F. The van der Waals surface area contributed by atoms with Crippen LogP contribution < -0.4 is 0 Å². The van der Waals surface area contributed by atoms with Crippen LogP contribution in [0.15, 0.2) is 36.7 Å². The van der Waals surface area contributed by atoms with Crippen molar-refractivity contribution in [2.75, 3.05) is 0 Å². The summed E-state index contributed by atoms with van der Waals surface area (Å²) in [5, 5.41) is -2.22. The number of benzene rings is 1. The van der Waals surface area contributed by atoms with Gasteiger partial charge in [-0.2, -0.15) is 13.2 Å². The van der Waals surface area contributed by atoms with E-state index >= 15 is 0 Å². The summed E-state index contributed by atoms with van der Waals surface area (Å²) in [5.74, 6) is 0. The maximum atomic E-state index is 12.9. The molecule has 0 radical (unpaired) electrons. The van der Waals surface area contributed by atoms with Crippen LogP contribution in [0.1, 0.15) is 10.8 Å². The van der Waals surface area contributed by atoms with Gasteiger partial charge in [-0.05, 0) is 5.39 Å². The van der Waals surface area contributed by atoms with E-state index in [-0.39, 0.29) is 5.39 Å². The Kier molecular flexibility index (Phi) is 3.44. The fraction of sp³-hybridized carbons (Fsp3) is 0.182. The molecule has 0 amide bonds. The molecule has 0 aliphatic rings. The van der Waals surface area contributed by atoms with Crippen LogP contribution in [-0.4, -0.2) is 19.6 Å². The lowest BCUT2D eigenvalue weighted by molar-refractivity contribution is -0.131. The smallest absolute Gasteiger partial charge is 0.264 e. The van der Waals surface area contributed by atoms with Gasteiger partial charge in [0.15, 0.2) is 5.25 Å². The van der Waals surface area contributed by atoms with Gasteiger partial charge in [-0.1, -0.05) is 24.3 Å². The van der Waals surface area contributed by atoms with E-state index in [0.717, 1.165) is 6.20 Å². The Labute approximate surface area is 111 Å². The summed E-state index contributed by atoms with van der Waals surface area (Å²) >= 11 is 0. The van der Waals surface area contributed by atoms with Gasteiger partial charge in [0, 0.05) is 34.0 Å². The van der Waals surface area contributed by atoms with Gasteiger partial charge < -0.3 is 0 Å². The van der Waals surface area contributed by atoms with Crippen LogP contribution in [0.2, 0.25) is 0 Å². The van der Waals surface area contributed by atoms with Crippen LogP contribution >= 0.6 is 10.7 Å². The Balaban J connectivity index is 2.78. The molecule has 0 fully saturated rings. The third-order valence-corrected chi connectivity index (χ3v) is 4.18. The molecule has 0 aliphatic carbocycles. The lowest BCUT2D eigenvalue weighted by Crippen LogP contribution is -2.26. The van der Waals surface area contributed by atoms with Gasteiger partial charge in [-0.15, -0.1) is 0 Å². The molecule has 1 unspecified atom stereocenters. The van der Waals surface area contributed by atoms with Crippen LogP contribution in [0, 0.1) is 0 Å². The summed E-state index contributed by atoms with van der Waals surface area (Å²) in [5.41, 5.74) is -0.472. The van der Waals surface area contributed by atoms with Crippen LogP contribution in [0.5, 0.6) is 0 Å². The number of aromatic nitrogens is 1. The molecule has 0 aliphatic heterocycles. The molecule has 1 aromatic heterocycles. The molecule has 3 nitrogen and oxygen atoms in total. The molecule has 102 valence electrons. The van der Waals surface area contributed by atoms with E-state index in [0.29, 0.717) is 5.39 Å². The number of nitrogens with zero attached hydrogens (tertiary/aromatic N) is 1. The summed E-state index contributed by atoms with van der Waals surface area (Å²) in [4.78, 5) is 3.64. The second-order valence-electron chi connectivity index (χ2n) is 3.85. The molecule has 19 heavy (non-hydrogen) atoms. The monoisotopic (exact) mass is 309 g/mol. The minimum atomic E-state index is -5.01. The molecule has 1 heterocycles. The lowest BCUT2D eigenvalue weighted by atomic mass is 10.1. The maximum Gasteiger partial charge on any atom is 0.410 e. The first kappa shape index (κ1) is 14.1. The van der Waals surface area contributed by atoms with Crippen molar-refractivity contribution in [3.05, 3.63) is 42.2 Å². The Morgan fingerprint density at radius 1 is 1.16 bits per heavy atom. The van der Waals surface area contributed by atoms with Crippen molar-refractivity contribution < 1.29 is 21.6 Å². The molecular formula is C11H7ClF3NO2S.